The van der Waals surface area contributed by atoms with Crippen LogP contribution in [0.3, 0.4) is 0 Å². The quantitative estimate of drug-likeness (QED) is 0.621. The number of carbonyl (C=O) groups is 1. The Kier molecular flexibility index (Phi) is 7.89. The lowest BCUT2D eigenvalue weighted by atomic mass is 10.0. The van der Waals surface area contributed by atoms with Crippen molar-refractivity contribution in [2.24, 2.45) is 0 Å². The zero-order chi connectivity index (χ0) is 20.7. The van der Waals surface area contributed by atoms with Gasteiger partial charge in [0.15, 0.2) is 0 Å². The number of hydrogen-bond donors (Lipinski definition) is 1. The third-order valence-corrected chi connectivity index (χ3v) is 5.87. The molecule has 0 fully saturated rings. The Bertz CT molecular complexity index is 896. The first-order chi connectivity index (χ1) is 13.2. The molecular formula is C21H27ClN2O3S. The lowest BCUT2D eigenvalue weighted by Crippen LogP contribution is -2.40. The molecule has 0 radical (unpaired) electrons. The highest BCUT2D eigenvalue weighted by atomic mass is 35.5. The number of nitrogens with one attached hydrogen (secondary N) is 1. The maximum atomic E-state index is 12.3. The molecule has 0 aliphatic rings. The van der Waals surface area contributed by atoms with E-state index in [9.17, 15) is 13.2 Å². The van der Waals surface area contributed by atoms with Crippen LogP contribution in [0.1, 0.15) is 37.3 Å². The SMILES string of the molecule is CC(C)c1ccc(CCCNC(=O)CN(c2ccccc2Cl)S(C)(=O)=O)cc1. The summed E-state index contributed by atoms with van der Waals surface area (Å²) in [4.78, 5) is 12.3. The van der Waals surface area contributed by atoms with E-state index in [1.54, 1.807) is 24.3 Å². The van der Waals surface area contributed by atoms with Gasteiger partial charge in [-0.1, -0.05) is 61.8 Å². The van der Waals surface area contributed by atoms with Crippen LogP contribution in [0, 0.1) is 0 Å². The Morgan fingerprint density at radius 2 is 1.75 bits per heavy atom. The highest BCUT2D eigenvalue weighted by Gasteiger charge is 2.22. The van der Waals surface area contributed by atoms with Crippen LogP contribution in [-0.4, -0.2) is 33.7 Å². The number of amides is 1. The van der Waals surface area contributed by atoms with E-state index in [1.807, 2.05) is 0 Å². The number of benzene rings is 2. The van der Waals surface area contributed by atoms with Crippen molar-refractivity contribution in [3.05, 3.63) is 64.7 Å². The Labute approximate surface area is 172 Å². The predicted molar refractivity (Wildman–Crippen MR) is 116 cm³/mol. The number of sulfonamides is 1. The molecule has 1 N–H and O–H groups in total. The Morgan fingerprint density at radius 1 is 1.11 bits per heavy atom. The van der Waals surface area contributed by atoms with Crippen LogP contribution < -0.4 is 9.62 Å². The molecule has 0 heterocycles. The molecule has 0 spiro atoms. The van der Waals surface area contributed by atoms with Crippen molar-refractivity contribution < 1.29 is 13.2 Å². The number of anilines is 1. The van der Waals surface area contributed by atoms with Crippen LogP contribution in [0.5, 0.6) is 0 Å². The summed E-state index contributed by atoms with van der Waals surface area (Å²) in [5.41, 5.74) is 2.82. The highest BCUT2D eigenvalue weighted by Crippen LogP contribution is 2.26. The summed E-state index contributed by atoms with van der Waals surface area (Å²) in [5, 5.41) is 3.07. The van der Waals surface area contributed by atoms with Gasteiger partial charge in [-0.05, 0) is 42.0 Å². The maximum Gasteiger partial charge on any atom is 0.240 e. The fourth-order valence-corrected chi connectivity index (χ4v) is 3.97. The number of carbonyl (C=O) groups excluding carboxylic acids is 1. The normalized spacial score (nSPS) is 11.5. The van der Waals surface area contributed by atoms with Crippen molar-refractivity contribution in [1.82, 2.24) is 5.32 Å². The van der Waals surface area contributed by atoms with Crippen molar-refractivity contribution in [3.63, 3.8) is 0 Å². The molecule has 28 heavy (non-hydrogen) atoms. The third-order valence-electron chi connectivity index (χ3n) is 4.42. The van der Waals surface area contributed by atoms with Crippen LogP contribution in [0.15, 0.2) is 48.5 Å². The van der Waals surface area contributed by atoms with Crippen molar-refractivity contribution in [2.75, 3.05) is 23.7 Å². The first kappa shape index (κ1) is 22.2. The van der Waals surface area contributed by atoms with Gasteiger partial charge in [-0.15, -0.1) is 0 Å². The first-order valence-corrected chi connectivity index (χ1v) is 11.5. The molecule has 0 aromatic heterocycles. The maximum absolute atomic E-state index is 12.3. The average Bonchev–Trinajstić information content (AvgIpc) is 2.63. The molecule has 2 rings (SSSR count). The number of aryl methyl sites for hydroxylation is 1. The van der Waals surface area contributed by atoms with E-state index in [1.165, 1.54) is 11.1 Å². The number of rotatable bonds is 9. The van der Waals surface area contributed by atoms with Gasteiger partial charge in [-0.2, -0.15) is 0 Å². The lowest BCUT2D eigenvalue weighted by molar-refractivity contribution is -0.119. The zero-order valence-electron chi connectivity index (χ0n) is 16.5. The van der Waals surface area contributed by atoms with Crippen molar-refractivity contribution in [2.45, 2.75) is 32.6 Å². The van der Waals surface area contributed by atoms with E-state index in [2.05, 4.69) is 43.4 Å². The van der Waals surface area contributed by atoms with E-state index in [4.69, 9.17) is 11.6 Å². The second kappa shape index (κ2) is 9.94. The minimum absolute atomic E-state index is 0.283. The van der Waals surface area contributed by atoms with E-state index in [-0.39, 0.29) is 17.5 Å². The molecule has 0 saturated heterocycles. The molecular weight excluding hydrogens is 396 g/mol. The zero-order valence-corrected chi connectivity index (χ0v) is 18.1. The summed E-state index contributed by atoms with van der Waals surface area (Å²) in [6.45, 7) is 4.50. The van der Waals surface area contributed by atoms with Gasteiger partial charge < -0.3 is 5.32 Å². The minimum Gasteiger partial charge on any atom is -0.355 e. The molecule has 0 unspecified atom stereocenters. The second-order valence-electron chi connectivity index (χ2n) is 7.07. The molecule has 0 bridgehead atoms. The monoisotopic (exact) mass is 422 g/mol. The van der Waals surface area contributed by atoms with Gasteiger partial charge in [0.2, 0.25) is 15.9 Å². The van der Waals surface area contributed by atoms with Crippen molar-refractivity contribution in [3.8, 4) is 0 Å². The van der Waals surface area contributed by atoms with Gasteiger partial charge in [0.25, 0.3) is 0 Å². The minimum atomic E-state index is -3.63. The van der Waals surface area contributed by atoms with Gasteiger partial charge in [-0.25, -0.2) is 8.42 Å². The summed E-state index contributed by atoms with van der Waals surface area (Å²) in [6, 6.07) is 15.1. The lowest BCUT2D eigenvalue weighted by Gasteiger charge is -2.22. The fourth-order valence-electron chi connectivity index (χ4n) is 2.81. The summed E-state index contributed by atoms with van der Waals surface area (Å²) < 4.78 is 25.2. The Hall–Kier alpha value is -2.05. The molecule has 0 aliphatic heterocycles. The summed E-state index contributed by atoms with van der Waals surface area (Å²) in [7, 11) is -3.63. The Balaban J connectivity index is 1.87. The van der Waals surface area contributed by atoms with Gasteiger partial charge in [0, 0.05) is 6.54 Å². The summed E-state index contributed by atoms with van der Waals surface area (Å²) in [6.07, 6.45) is 2.68. The molecule has 5 nitrogen and oxygen atoms in total. The molecule has 2 aromatic rings. The third kappa shape index (κ3) is 6.53. The largest absolute Gasteiger partial charge is 0.355 e. The molecule has 152 valence electrons. The van der Waals surface area contributed by atoms with Gasteiger partial charge in [0.05, 0.1) is 17.0 Å². The standard InChI is InChI=1S/C21H27ClN2O3S/c1-16(2)18-12-10-17(11-13-18)7-6-14-23-21(25)15-24(28(3,26)27)20-9-5-4-8-19(20)22/h4-5,8-13,16H,6-7,14-15H2,1-3H3,(H,23,25). The van der Waals surface area contributed by atoms with Crippen LogP contribution >= 0.6 is 11.6 Å². The fraction of sp³-hybridized carbons (Fsp3) is 0.381. The number of para-hydroxylation sites is 1. The van der Waals surface area contributed by atoms with Crippen LogP contribution in [0.2, 0.25) is 5.02 Å². The van der Waals surface area contributed by atoms with Gasteiger partial charge >= 0.3 is 0 Å². The smallest absolute Gasteiger partial charge is 0.240 e. The highest BCUT2D eigenvalue weighted by molar-refractivity contribution is 7.92. The first-order valence-electron chi connectivity index (χ1n) is 9.26. The molecule has 2 aromatic carbocycles. The molecule has 0 saturated carbocycles. The molecule has 7 heteroatoms. The molecule has 0 atom stereocenters. The van der Waals surface area contributed by atoms with Crippen LogP contribution in [0.4, 0.5) is 5.69 Å². The van der Waals surface area contributed by atoms with Gasteiger partial charge in [-0.3, -0.25) is 9.10 Å². The number of nitrogens with zero attached hydrogens (tertiary/aromatic N) is 1. The Morgan fingerprint density at radius 3 is 2.32 bits per heavy atom. The van der Waals surface area contributed by atoms with Gasteiger partial charge in [0.1, 0.15) is 6.54 Å². The van der Waals surface area contributed by atoms with Crippen molar-refractivity contribution >= 4 is 33.2 Å². The van der Waals surface area contributed by atoms with E-state index in [0.717, 1.165) is 23.4 Å². The summed E-state index contributed by atoms with van der Waals surface area (Å²) in [5.74, 6) is 0.143. The topological polar surface area (TPSA) is 66.5 Å². The number of hydrogen-bond acceptors (Lipinski definition) is 3. The molecule has 1 amide bonds. The molecule has 0 aliphatic carbocycles. The van der Waals surface area contributed by atoms with E-state index in [0.29, 0.717) is 18.2 Å². The summed E-state index contributed by atoms with van der Waals surface area (Å²) >= 11 is 6.10. The van der Waals surface area contributed by atoms with Crippen LogP contribution in [0.25, 0.3) is 0 Å². The van der Waals surface area contributed by atoms with E-state index < -0.39 is 10.0 Å². The predicted octanol–water partition coefficient (Wildman–Crippen LogP) is 3.98. The van der Waals surface area contributed by atoms with Crippen LogP contribution in [-0.2, 0) is 21.2 Å². The average molecular weight is 423 g/mol. The van der Waals surface area contributed by atoms with E-state index >= 15 is 0 Å². The second-order valence-corrected chi connectivity index (χ2v) is 9.38. The van der Waals surface area contributed by atoms with Crippen molar-refractivity contribution in [1.29, 1.82) is 0 Å². The number of halogens is 1.